The van der Waals surface area contributed by atoms with Gasteiger partial charge in [-0.3, -0.25) is 4.79 Å². The molecule has 0 aliphatic rings. The maximum atomic E-state index is 13.0. The van der Waals surface area contributed by atoms with Gasteiger partial charge in [0.25, 0.3) is 0 Å². The van der Waals surface area contributed by atoms with E-state index in [1.165, 1.54) is 5.56 Å². The maximum Gasteiger partial charge on any atom is 0.141 e. The lowest BCUT2D eigenvalue weighted by molar-refractivity contribution is -0.133. The first-order valence-electron chi connectivity index (χ1n) is 8.57. The third kappa shape index (κ3) is 5.43. The summed E-state index contributed by atoms with van der Waals surface area (Å²) in [5, 5.41) is 0.774. The van der Waals surface area contributed by atoms with Crippen molar-refractivity contribution in [2.24, 2.45) is 17.3 Å². The molecule has 0 aromatic heterocycles. The molecule has 2 heteroatoms. The summed E-state index contributed by atoms with van der Waals surface area (Å²) in [4.78, 5) is 13.0. The molecule has 0 fully saturated rings. The largest absolute Gasteiger partial charge is 0.299 e. The highest BCUT2D eigenvalue weighted by Gasteiger charge is 2.35. The molecule has 0 aliphatic heterocycles. The normalized spacial score (nSPS) is 13.4. The van der Waals surface area contributed by atoms with E-state index < -0.39 is 0 Å². The van der Waals surface area contributed by atoms with Gasteiger partial charge in [0.15, 0.2) is 0 Å². The Morgan fingerprint density at radius 1 is 1.23 bits per heavy atom. The third-order valence-electron chi connectivity index (χ3n) is 5.03. The van der Waals surface area contributed by atoms with Gasteiger partial charge in [0.2, 0.25) is 0 Å². The summed E-state index contributed by atoms with van der Waals surface area (Å²) in [7, 11) is 0. The van der Waals surface area contributed by atoms with Crippen LogP contribution in [-0.2, 0) is 11.2 Å². The molecule has 0 amide bonds. The van der Waals surface area contributed by atoms with Crippen LogP contribution < -0.4 is 0 Å². The zero-order valence-electron chi connectivity index (χ0n) is 14.8. The van der Waals surface area contributed by atoms with E-state index in [0.717, 1.165) is 37.1 Å². The molecule has 1 aromatic carbocycles. The Labute approximate surface area is 141 Å². The Hall–Kier alpha value is -0.820. The number of rotatable bonds is 9. The molecule has 1 atom stereocenters. The van der Waals surface area contributed by atoms with E-state index in [2.05, 4.69) is 40.7 Å². The van der Waals surface area contributed by atoms with Crippen molar-refractivity contribution in [3.05, 3.63) is 34.9 Å². The number of hydrogen-bond donors (Lipinski definition) is 0. The van der Waals surface area contributed by atoms with Crippen molar-refractivity contribution in [1.29, 1.82) is 0 Å². The van der Waals surface area contributed by atoms with E-state index in [0.29, 0.717) is 11.7 Å². The van der Waals surface area contributed by atoms with Gasteiger partial charge in [0, 0.05) is 16.4 Å². The zero-order chi connectivity index (χ0) is 16.8. The van der Waals surface area contributed by atoms with E-state index >= 15 is 0 Å². The zero-order valence-corrected chi connectivity index (χ0v) is 15.5. The smallest absolute Gasteiger partial charge is 0.141 e. The van der Waals surface area contributed by atoms with E-state index in [9.17, 15) is 4.79 Å². The molecule has 1 aromatic rings. The summed E-state index contributed by atoms with van der Waals surface area (Å²) in [5.74, 6) is 0.963. The van der Waals surface area contributed by atoms with Crippen molar-refractivity contribution in [3.8, 4) is 0 Å². The fourth-order valence-corrected chi connectivity index (χ4v) is 2.91. The van der Waals surface area contributed by atoms with Crippen LogP contribution in [0.3, 0.4) is 0 Å². The summed E-state index contributed by atoms with van der Waals surface area (Å²) >= 11 is 6.05. The molecule has 1 nitrogen and oxygen atoms in total. The van der Waals surface area contributed by atoms with Gasteiger partial charge in [-0.05, 0) is 42.9 Å². The molecular formula is C20H31ClO. The summed E-state index contributed by atoms with van der Waals surface area (Å²) < 4.78 is 0. The predicted octanol–water partition coefficient (Wildman–Crippen LogP) is 6.33. The van der Waals surface area contributed by atoms with Crippen LogP contribution in [0.4, 0.5) is 0 Å². The third-order valence-corrected chi connectivity index (χ3v) is 5.26. The molecule has 0 saturated heterocycles. The van der Waals surface area contributed by atoms with E-state index in [1.54, 1.807) is 0 Å². The highest BCUT2D eigenvalue weighted by molar-refractivity contribution is 6.30. The Kier molecular flexibility index (Phi) is 7.62. The van der Waals surface area contributed by atoms with Crippen molar-refractivity contribution in [3.63, 3.8) is 0 Å². The number of Topliss-reactive ketones (excluding diaryl/α,β-unsaturated/α-hetero) is 1. The molecule has 1 unspecified atom stereocenters. The summed E-state index contributed by atoms with van der Waals surface area (Å²) in [5.41, 5.74) is 0.983. The lowest BCUT2D eigenvalue weighted by atomic mass is 9.71. The molecule has 0 bridgehead atoms. The van der Waals surface area contributed by atoms with E-state index in [4.69, 9.17) is 11.6 Å². The highest BCUT2D eigenvalue weighted by Crippen LogP contribution is 2.33. The van der Waals surface area contributed by atoms with Crippen molar-refractivity contribution >= 4 is 17.4 Å². The lowest BCUT2D eigenvalue weighted by Gasteiger charge is -2.32. The van der Waals surface area contributed by atoms with Crippen molar-refractivity contribution in [2.75, 3.05) is 0 Å². The monoisotopic (exact) mass is 322 g/mol. The Balaban J connectivity index is 2.78. The number of hydrogen-bond acceptors (Lipinski definition) is 1. The van der Waals surface area contributed by atoms with Crippen molar-refractivity contribution in [2.45, 2.75) is 66.7 Å². The summed E-state index contributed by atoms with van der Waals surface area (Å²) in [6.45, 7) is 10.7. The molecule has 1 rings (SSSR count). The van der Waals surface area contributed by atoms with E-state index in [-0.39, 0.29) is 11.3 Å². The maximum absolute atomic E-state index is 13.0. The van der Waals surface area contributed by atoms with Crippen LogP contribution in [0.5, 0.6) is 0 Å². The van der Waals surface area contributed by atoms with Gasteiger partial charge >= 0.3 is 0 Å². The van der Waals surface area contributed by atoms with Gasteiger partial charge in [-0.1, -0.05) is 71.2 Å². The molecule has 0 radical (unpaired) electrons. The topological polar surface area (TPSA) is 17.1 Å². The molecule has 22 heavy (non-hydrogen) atoms. The van der Waals surface area contributed by atoms with Gasteiger partial charge in [0.05, 0.1) is 0 Å². The standard InChI is InChI=1S/C20H31ClO/c1-6-7-10-17(19(22)20(4,5)15(2)3)13-12-16-9-8-11-18(21)14-16/h8-9,11,14-15,17H,6-7,10,12-13H2,1-5H3. The number of carbonyl (C=O) groups is 1. The SMILES string of the molecule is CCCCC(CCc1cccc(Cl)c1)C(=O)C(C)(C)C(C)C. The second kappa shape index (κ2) is 8.72. The van der Waals surface area contributed by atoms with Crippen LogP contribution in [-0.4, -0.2) is 5.78 Å². The molecule has 0 spiro atoms. The Morgan fingerprint density at radius 2 is 1.91 bits per heavy atom. The fourth-order valence-electron chi connectivity index (χ4n) is 2.70. The number of aryl methyl sites for hydroxylation is 1. The Bertz CT molecular complexity index is 476. The van der Waals surface area contributed by atoms with Crippen LogP contribution in [0.2, 0.25) is 5.02 Å². The number of unbranched alkanes of at least 4 members (excludes halogenated alkanes) is 1. The van der Waals surface area contributed by atoms with Gasteiger partial charge in [-0.2, -0.15) is 0 Å². The minimum atomic E-state index is -0.243. The number of carbonyl (C=O) groups excluding carboxylic acids is 1. The van der Waals surface area contributed by atoms with Gasteiger partial charge in [-0.25, -0.2) is 0 Å². The highest BCUT2D eigenvalue weighted by atomic mass is 35.5. The van der Waals surface area contributed by atoms with Crippen LogP contribution in [0.1, 0.15) is 65.9 Å². The molecule has 0 N–H and O–H groups in total. The first kappa shape index (κ1) is 19.2. The summed E-state index contributed by atoms with van der Waals surface area (Å²) in [6.07, 6.45) is 5.12. The molecular weight excluding hydrogens is 292 g/mol. The predicted molar refractivity (Wildman–Crippen MR) is 96.4 cm³/mol. The van der Waals surface area contributed by atoms with Crippen LogP contribution in [0.25, 0.3) is 0 Å². The van der Waals surface area contributed by atoms with Crippen molar-refractivity contribution < 1.29 is 4.79 Å². The van der Waals surface area contributed by atoms with Crippen LogP contribution in [0.15, 0.2) is 24.3 Å². The summed E-state index contributed by atoms with van der Waals surface area (Å²) in [6, 6.07) is 7.99. The minimum absolute atomic E-state index is 0.163. The lowest BCUT2D eigenvalue weighted by Crippen LogP contribution is -2.35. The average Bonchev–Trinajstić information content (AvgIpc) is 2.46. The minimum Gasteiger partial charge on any atom is -0.299 e. The molecule has 0 saturated carbocycles. The average molecular weight is 323 g/mol. The Morgan fingerprint density at radius 3 is 2.45 bits per heavy atom. The fraction of sp³-hybridized carbons (Fsp3) is 0.650. The molecule has 0 heterocycles. The number of halogens is 1. The first-order valence-corrected chi connectivity index (χ1v) is 8.95. The number of ketones is 1. The van der Waals surface area contributed by atoms with Gasteiger partial charge in [-0.15, -0.1) is 0 Å². The van der Waals surface area contributed by atoms with E-state index in [1.807, 2.05) is 18.2 Å². The van der Waals surface area contributed by atoms with Crippen molar-refractivity contribution in [1.82, 2.24) is 0 Å². The van der Waals surface area contributed by atoms with Crippen LogP contribution >= 0.6 is 11.6 Å². The van der Waals surface area contributed by atoms with Gasteiger partial charge < -0.3 is 0 Å². The van der Waals surface area contributed by atoms with Crippen LogP contribution in [0, 0.1) is 17.3 Å². The first-order chi connectivity index (χ1) is 10.3. The molecule has 0 aliphatic carbocycles. The van der Waals surface area contributed by atoms with Gasteiger partial charge in [0.1, 0.15) is 5.78 Å². The number of benzene rings is 1. The molecule has 124 valence electrons. The quantitative estimate of drug-likeness (QED) is 0.519. The second-order valence-electron chi connectivity index (χ2n) is 7.25. The second-order valence-corrected chi connectivity index (χ2v) is 7.68.